The molecule has 2 amide bonds. The van der Waals surface area contributed by atoms with E-state index >= 15 is 0 Å². The summed E-state index contributed by atoms with van der Waals surface area (Å²) < 4.78 is 47.6. The molecule has 1 aliphatic carbocycles. The van der Waals surface area contributed by atoms with Gasteiger partial charge in [0.1, 0.15) is 23.0 Å². The first-order chi connectivity index (χ1) is 16.5. The number of nitrogens with zero attached hydrogens (tertiary/aromatic N) is 1. The zero-order valence-electron chi connectivity index (χ0n) is 18.8. The van der Waals surface area contributed by atoms with Crippen molar-refractivity contribution in [2.45, 2.75) is 51.1 Å². The van der Waals surface area contributed by atoms with E-state index < -0.39 is 29.2 Å². The predicted molar refractivity (Wildman–Crippen MR) is 125 cm³/mol. The Morgan fingerprint density at radius 2 is 1.50 bits per heavy atom. The molecule has 1 N–H and O–H groups in total. The van der Waals surface area contributed by atoms with Crippen molar-refractivity contribution in [2.24, 2.45) is 0 Å². The standard InChI is InChI=1S/C27H27F3N2O2/c28-20-16-24(29)26(25(30)17-20)31-27(33)32(21-10-4-1-2-5-11-21)18-19-9-8-14-23(15-19)34-22-12-6-3-7-13-22/h3,6-9,12-17,21H,1-2,4-5,10-11,18H2,(H,31,33). The minimum absolute atomic E-state index is 0.0761. The number of benzene rings is 3. The van der Waals surface area contributed by atoms with E-state index in [1.165, 1.54) is 0 Å². The number of hydrogen-bond donors (Lipinski definition) is 1. The third-order valence-corrected chi connectivity index (χ3v) is 6.00. The first kappa shape index (κ1) is 23.7. The quantitative estimate of drug-likeness (QED) is 0.378. The molecule has 1 saturated carbocycles. The van der Waals surface area contributed by atoms with E-state index in [4.69, 9.17) is 4.74 Å². The molecule has 0 saturated heterocycles. The first-order valence-electron chi connectivity index (χ1n) is 11.5. The Kier molecular flexibility index (Phi) is 7.72. The molecule has 0 aromatic heterocycles. The van der Waals surface area contributed by atoms with Crippen LogP contribution in [-0.4, -0.2) is 17.0 Å². The lowest BCUT2D eigenvalue weighted by molar-refractivity contribution is 0.175. The van der Waals surface area contributed by atoms with E-state index in [1.807, 2.05) is 54.6 Å². The van der Waals surface area contributed by atoms with Crippen LogP contribution in [-0.2, 0) is 6.54 Å². The van der Waals surface area contributed by atoms with Crippen LogP contribution in [0.1, 0.15) is 44.1 Å². The van der Waals surface area contributed by atoms with E-state index in [0.29, 0.717) is 23.6 Å². The van der Waals surface area contributed by atoms with Crippen molar-refractivity contribution >= 4 is 11.7 Å². The average molecular weight is 469 g/mol. The normalized spacial score (nSPS) is 14.3. The van der Waals surface area contributed by atoms with Crippen molar-refractivity contribution in [3.05, 3.63) is 89.7 Å². The lowest BCUT2D eigenvalue weighted by Gasteiger charge is -2.31. The van der Waals surface area contributed by atoms with Crippen molar-refractivity contribution in [3.63, 3.8) is 0 Å². The van der Waals surface area contributed by atoms with Gasteiger partial charge >= 0.3 is 6.03 Å². The van der Waals surface area contributed by atoms with E-state index in [-0.39, 0.29) is 12.6 Å². The van der Waals surface area contributed by atoms with Crippen molar-refractivity contribution < 1.29 is 22.7 Å². The monoisotopic (exact) mass is 468 g/mol. The van der Waals surface area contributed by atoms with Crippen LogP contribution in [0.15, 0.2) is 66.7 Å². The Morgan fingerprint density at radius 1 is 0.853 bits per heavy atom. The zero-order valence-corrected chi connectivity index (χ0v) is 18.8. The highest BCUT2D eigenvalue weighted by Crippen LogP contribution is 2.28. The van der Waals surface area contributed by atoms with E-state index in [1.54, 1.807) is 4.90 Å². The van der Waals surface area contributed by atoms with Gasteiger partial charge < -0.3 is 15.0 Å². The first-order valence-corrected chi connectivity index (χ1v) is 11.5. The molecule has 4 nitrogen and oxygen atoms in total. The second kappa shape index (κ2) is 11.1. The van der Waals surface area contributed by atoms with Crippen LogP contribution < -0.4 is 10.1 Å². The summed E-state index contributed by atoms with van der Waals surface area (Å²) in [5.74, 6) is -2.01. The predicted octanol–water partition coefficient (Wildman–Crippen LogP) is 7.65. The van der Waals surface area contributed by atoms with Gasteiger partial charge in [0.25, 0.3) is 0 Å². The Morgan fingerprint density at radius 3 is 2.18 bits per heavy atom. The van der Waals surface area contributed by atoms with Gasteiger partial charge in [0.15, 0.2) is 11.6 Å². The smallest absolute Gasteiger partial charge is 0.322 e. The number of rotatable bonds is 6. The van der Waals surface area contributed by atoms with Crippen LogP contribution in [0.5, 0.6) is 11.5 Å². The van der Waals surface area contributed by atoms with Gasteiger partial charge in [-0.25, -0.2) is 18.0 Å². The SMILES string of the molecule is O=C(Nc1c(F)cc(F)cc1F)N(Cc1cccc(Oc2ccccc2)c1)C1CCCCCC1. The summed E-state index contributed by atoms with van der Waals surface area (Å²) in [7, 11) is 0. The van der Waals surface area contributed by atoms with Gasteiger partial charge in [-0.3, -0.25) is 0 Å². The fourth-order valence-corrected chi connectivity index (χ4v) is 4.31. The van der Waals surface area contributed by atoms with Gasteiger partial charge in [0.05, 0.1) is 0 Å². The van der Waals surface area contributed by atoms with Crippen molar-refractivity contribution in [3.8, 4) is 11.5 Å². The molecule has 4 rings (SSSR count). The second-order valence-corrected chi connectivity index (χ2v) is 8.51. The highest BCUT2D eigenvalue weighted by molar-refractivity contribution is 5.89. The molecule has 178 valence electrons. The number of anilines is 1. The lowest BCUT2D eigenvalue weighted by Crippen LogP contribution is -2.42. The largest absolute Gasteiger partial charge is 0.457 e. The minimum atomic E-state index is -1.15. The van der Waals surface area contributed by atoms with E-state index in [2.05, 4.69) is 5.32 Å². The van der Waals surface area contributed by atoms with Crippen molar-refractivity contribution in [1.29, 1.82) is 0 Å². The van der Waals surface area contributed by atoms with Crippen LogP contribution in [0, 0.1) is 17.5 Å². The number of carbonyl (C=O) groups excluding carboxylic acids is 1. The second-order valence-electron chi connectivity index (χ2n) is 8.51. The van der Waals surface area contributed by atoms with Crippen molar-refractivity contribution in [2.75, 3.05) is 5.32 Å². The molecular weight excluding hydrogens is 441 g/mol. The summed E-state index contributed by atoms with van der Waals surface area (Å²) in [5, 5.41) is 2.34. The van der Waals surface area contributed by atoms with Crippen LogP contribution in [0.25, 0.3) is 0 Å². The van der Waals surface area contributed by atoms with Gasteiger partial charge in [-0.05, 0) is 42.7 Å². The minimum Gasteiger partial charge on any atom is -0.457 e. The summed E-state index contributed by atoms with van der Waals surface area (Å²) >= 11 is 0. The van der Waals surface area contributed by atoms with E-state index in [0.717, 1.165) is 44.1 Å². The van der Waals surface area contributed by atoms with Gasteiger partial charge in [-0.2, -0.15) is 0 Å². The number of halogens is 3. The summed E-state index contributed by atoms with van der Waals surface area (Å²) in [4.78, 5) is 14.9. The van der Waals surface area contributed by atoms with Crippen LogP contribution in [0.3, 0.4) is 0 Å². The maximum absolute atomic E-state index is 14.2. The number of para-hydroxylation sites is 1. The summed E-state index contributed by atoms with van der Waals surface area (Å²) in [5.41, 5.74) is 0.180. The molecule has 0 atom stereocenters. The lowest BCUT2D eigenvalue weighted by atomic mass is 10.1. The molecule has 0 unspecified atom stereocenters. The van der Waals surface area contributed by atoms with E-state index in [9.17, 15) is 18.0 Å². The molecule has 3 aromatic carbocycles. The fourth-order valence-electron chi connectivity index (χ4n) is 4.31. The van der Waals surface area contributed by atoms with Crippen LogP contribution in [0.4, 0.5) is 23.7 Å². The number of ether oxygens (including phenoxy) is 1. The molecule has 0 radical (unpaired) electrons. The Hall–Kier alpha value is -3.48. The molecule has 0 bridgehead atoms. The molecule has 0 spiro atoms. The average Bonchev–Trinajstić information content (AvgIpc) is 3.10. The molecule has 0 heterocycles. The summed E-state index contributed by atoms with van der Waals surface area (Å²) in [6.45, 7) is 0.243. The topological polar surface area (TPSA) is 41.6 Å². The molecule has 0 aliphatic heterocycles. The number of carbonyl (C=O) groups is 1. The Bertz CT molecular complexity index is 1090. The van der Waals surface area contributed by atoms with Gasteiger partial charge in [-0.1, -0.05) is 56.0 Å². The number of nitrogens with one attached hydrogen (secondary N) is 1. The maximum atomic E-state index is 14.2. The van der Waals surface area contributed by atoms with Gasteiger partial charge in [-0.15, -0.1) is 0 Å². The summed E-state index contributed by atoms with van der Waals surface area (Å²) in [6, 6.07) is 17.2. The number of hydrogen-bond acceptors (Lipinski definition) is 2. The fraction of sp³-hybridized carbons (Fsp3) is 0.296. The third-order valence-electron chi connectivity index (χ3n) is 6.00. The Balaban J connectivity index is 1.57. The van der Waals surface area contributed by atoms with Gasteiger partial charge in [0.2, 0.25) is 0 Å². The van der Waals surface area contributed by atoms with Crippen molar-refractivity contribution in [1.82, 2.24) is 4.90 Å². The van der Waals surface area contributed by atoms with Crippen LogP contribution in [0.2, 0.25) is 0 Å². The third kappa shape index (κ3) is 6.10. The van der Waals surface area contributed by atoms with Gasteiger partial charge in [0, 0.05) is 24.7 Å². The number of urea groups is 1. The summed E-state index contributed by atoms with van der Waals surface area (Å²) in [6.07, 6.45) is 5.75. The molecule has 1 aliphatic rings. The molecule has 1 fully saturated rings. The Labute approximate surface area is 197 Å². The molecule has 7 heteroatoms. The molecule has 3 aromatic rings. The highest BCUT2D eigenvalue weighted by atomic mass is 19.1. The molecular formula is C27H27F3N2O2. The number of amides is 2. The molecule has 34 heavy (non-hydrogen) atoms. The highest BCUT2D eigenvalue weighted by Gasteiger charge is 2.27. The maximum Gasteiger partial charge on any atom is 0.322 e. The van der Waals surface area contributed by atoms with Crippen LogP contribution >= 0.6 is 0 Å². The zero-order chi connectivity index (χ0) is 23.9.